The number of ether oxygens (including phenoxy) is 1. The number of carbonyl (C=O) groups is 2. The number of halogens is 1. The fourth-order valence-corrected chi connectivity index (χ4v) is 3.72. The Morgan fingerprint density at radius 2 is 2.17 bits per heavy atom. The van der Waals surface area contributed by atoms with E-state index in [-0.39, 0.29) is 24.1 Å². The van der Waals surface area contributed by atoms with E-state index in [0.717, 1.165) is 16.5 Å². The van der Waals surface area contributed by atoms with Gasteiger partial charge in [0.15, 0.2) is 0 Å². The average Bonchev–Trinajstić information content (AvgIpc) is 3.29. The molecule has 1 atom stereocenters. The normalized spacial score (nSPS) is 16.4. The molecule has 0 spiro atoms. The average molecular weight is 395 g/mol. The third-order valence-corrected chi connectivity index (χ3v) is 5.30. The van der Waals surface area contributed by atoms with Crippen LogP contribution < -0.4 is 10.1 Å². The Balaban J connectivity index is 1.37. The molecule has 29 heavy (non-hydrogen) atoms. The summed E-state index contributed by atoms with van der Waals surface area (Å²) < 4.78 is 18.7. The molecule has 1 aliphatic rings. The number of likely N-dealkylation sites (tertiary alicyclic amines) is 1. The number of benzene rings is 2. The van der Waals surface area contributed by atoms with Crippen molar-refractivity contribution in [1.29, 1.82) is 0 Å². The molecular weight excluding hydrogens is 373 g/mol. The monoisotopic (exact) mass is 395 g/mol. The first-order valence-electron chi connectivity index (χ1n) is 9.51. The van der Waals surface area contributed by atoms with Crippen LogP contribution in [0, 0.1) is 11.7 Å². The van der Waals surface area contributed by atoms with Crippen LogP contribution in [0.25, 0.3) is 10.9 Å². The molecule has 1 fully saturated rings. The van der Waals surface area contributed by atoms with Crippen molar-refractivity contribution in [3.05, 3.63) is 60.0 Å². The lowest BCUT2D eigenvalue weighted by Gasteiger charge is -2.16. The van der Waals surface area contributed by atoms with Gasteiger partial charge < -0.3 is 19.9 Å². The van der Waals surface area contributed by atoms with E-state index < -0.39 is 5.92 Å². The number of hydrogen-bond acceptors (Lipinski definition) is 3. The quantitative estimate of drug-likeness (QED) is 0.672. The van der Waals surface area contributed by atoms with Gasteiger partial charge in [-0.05, 0) is 42.3 Å². The highest BCUT2D eigenvalue weighted by Gasteiger charge is 2.34. The molecule has 0 saturated carbocycles. The van der Waals surface area contributed by atoms with E-state index in [1.807, 2.05) is 6.20 Å². The number of methoxy groups -OCH3 is 1. The third kappa shape index (κ3) is 4.08. The molecule has 1 unspecified atom stereocenters. The maximum atomic E-state index is 13.5. The van der Waals surface area contributed by atoms with Gasteiger partial charge in [0.2, 0.25) is 11.8 Å². The first kappa shape index (κ1) is 19.0. The molecule has 4 rings (SSSR count). The molecule has 1 saturated heterocycles. The number of rotatable bonds is 6. The number of carbonyl (C=O) groups excluding carboxylic acids is 2. The third-order valence-electron chi connectivity index (χ3n) is 5.30. The number of nitrogens with one attached hydrogen (secondary N) is 2. The minimum Gasteiger partial charge on any atom is -0.497 e. The molecule has 2 heterocycles. The number of aromatic nitrogens is 1. The molecular formula is C22H22FN3O3. The fraction of sp³-hybridized carbons (Fsp3) is 0.273. The summed E-state index contributed by atoms with van der Waals surface area (Å²) in [6.07, 6.45) is 2.63. The van der Waals surface area contributed by atoms with Gasteiger partial charge in [-0.3, -0.25) is 9.59 Å². The van der Waals surface area contributed by atoms with Crippen LogP contribution in [0.4, 0.5) is 10.1 Å². The minimum absolute atomic E-state index is 0.0400. The van der Waals surface area contributed by atoms with Crippen molar-refractivity contribution in [3.63, 3.8) is 0 Å². The summed E-state index contributed by atoms with van der Waals surface area (Å²) in [5.74, 6) is -0.244. The largest absolute Gasteiger partial charge is 0.497 e. The van der Waals surface area contributed by atoms with Gasteiger partial charge in [0.25, 0.3) is 0 Å². The summed E-state index contributed by atoms with van der Waals surface area (Å²) in [6, 6.07) is 11.7. The van der Waals surface area contributed by atoms with E-state index in [0.29, 0.717) is 30.9 Å². The van der Waals surface area contributed by atoms with Crippen molar-refractivity contribution < 1.29 is 18.7 Å². The number of aromatic amines is 1. The molecule has 1 aromatic heterocycles. The number of fused-ring (bicyclic) bond motifs is 1. The van der Waals surface area contributed by atoms with Crippen molar-refractivity contribution in [2.24, 2.45) is 5.92 Å². The molecule has 6 nitrogen and oxygen atoms in total. The molecule has 150 valence electrons. The molecule has 2 N–H and O–H groups in total. The van der Waals surface area contributed by atoms with Gasteiger partial charge in [0.1, 0.15) is 11.6 Å². The SMILES string of the molecule is COc1cccc(NC(=O)C2CC(=O)N(CCc3c[nH]c4ccc(F)cc34)C2)c1. The summed E-state index contributed by atoms with van der Waals surface area (Å²) >= 11 is 0. The summed E-state index contributed by atoms with van der Waals surface area (Å²) in [5.41, 5.74) is 2.46. The maximum Gasteiger partial charge on any atom is 0.229 e. The zero-order valence-electron chi connectivity index (χ0n) is 16.1. The maximum absolute atomic E-state index is 13.5. The predicted molar refractivity (Wildman–Crippen MR) is 108 cm³/mol. The Kier molecular flexibility index (Phi) is 5.20. The number of amides is 2. The van der Waals surface area contributed by atoms with Crippen molar-refractivity contribution in [2.45, 2.75) is 12.8 Å². The minimum atomic E-state index is -0.394. The first-order valence-corrected chi connectivity index (χ1v) is 9.51. The van der Waals surface area contributed by atoms with Crippen LogP contribution in [-0.4, -0.2) is 41.9 Å². The fourth-order valence-electron chi connectivity index (χ4n) is 3.72. The molecule has 1 aliphatic heterocycles. The molecule has 0 aliphatic carbocycles. The van der Waals surface area contributed by atoms with Crippen molar-refractivity contribution in [2.75, 3.05) is 25.5 Å². The van der Waals surface area contributed by atoms with Gasteiger partial charge in [-0.2, -0.15) is 0 Å². The van der Waals surface area contributed by atoms with E-state index in [1.165, 1.54) is 12.1 Å². The standard InChI is InChI=1S/C22H22FN3O3/c1-29-18-4-2-3-17(11-18)25-22(28)15-9-21(27)26(13-15)8-7-14-12-24-20-6-5-16(23)10-19(14)20/h2-6,10-12,15,24H,7-9,13H2,1H3,(H,25,28). The number of nitrogens with zero attached hydrogens (tertiary/aromatic N) is 1. The van der Waals surface area contributed by atoms with E-state index >= 15 is 0 Å². The zero-order valence-corrected chi connectivity index (χ0v) is 16.1. The Bertz CT molecular complexity index is 1060. The highest BCUT2D eigenvalue weighted by atomic mass is 19.1. The predicted octanol–water partition coefficient (Wildman–Crippen LogP) is 3.35. The van der Waals surface area contributed by atoms with E-state index in [2.05, 4.69) is 10.3 Å². The van der Waals surface area contributed by atoms with Crippen LogP contribution in [0.1, 0.15) is 12.0 Å². The Morgan fingerprint density at radius 1 is 1.31 bits per heavy atom. The van der Waals surface area contributed by atoms with Crippen LogP contribution >= 0.6 is 0 Å². The molecule has 2 amide bonds. The van der Waals surface area contributed by atoms with Gasteiger partial charge in [-0.15, -0.1) is 0 Å². The Morgan fingerprint density at radius 3 is 3.00 bits per heavy atom. The van der Waals surface area contributed by atoms with Gasteiger partial charge >= 0.3 is 0 Å². The van der Waals surface area contributed by atoms with Crippen molar-refractivity contribution in [1.82, 2.24) is 9.88 Å². The Hall–Kier alpha value is -3.35. The first-order chi connectivity index (χ1) is 14.0. The van der Waals surface area contributed by atoms with Gasteiger partial charge in [-0.1, -0.05) is 6.07 Å². The smallest absolute Gasteiger partial charge is 0.229 e. The number of hydrogen-bond donors (Lipinski definition) is 2. The van der Waals surface area contributed by atoms with Gasteiger partial charge in [0, 0.05) is 48.4 Å². The zero-order chi connectivity index (χ0) is 20.4. The second-order valence-electron chi connectivity index (χ2n) is 7.22. The Labute approximate surface area is 167 Å². The summed E-state index contributed by atoms with van der Waals surface area (Å²) in [7, 11) is 1.57. The highest BCUT2D eigenvalue weighted by Crippen LogP contribution is 2.24. The van der Waals surface area contributed by atoms with Crippen molar-refractivity contribution in [3.8, 4) is 5.75 Å². The van der Waals surface area contributed by atoms with Gasteiger partial charge in [-0.25, -0.2) is 4.39 Å². The molecule has 7 heteroatoms. The molecule has 3 aromatic rings. The molecule has 2 aromatic carbocycles. The summed E-state index contributed by atoms with van der Waals surface area (Å²) in [6.45, 7) is 0.872. The lowest BCUT2D eigenvalue weighted by Crippen LogP contribution is -2.30. The van der Waals surface area contributed by atoms with Gasteiger partial charge in [0.05, 0.1) is 13.0 Å². The van der Waals surface area contributed by atoms with E-state index in [9.17, 15) is 14.0 Å². The topological polar surface area (TPSA) is 74.4 Å². The number of H-pyrrole nitrogens is 1. The summed E-state index contributed by atoms with van der Waals surface area (Å²) in [4.78, 5) is 29.8. The second kappa shape index (κ2) is 7.95. The summed E-state index contributed by atoms with van der Waals surface area (Å²) in [5, 5.41) is 3.68. The van der Waals surface area contributed by atoms with Crippen LogP contribution in [0.5, 0.6) is 5.75 Å². The lowest BCUT2D eigenvalue weighted by atomic mass is 10.1. The molecule has 0 radical (unpaired) electrons. The number of anilines is 1. The highest BCUT2D eigenvalue weighted by molar-refractivity contribution is 5.97. The van der Waals surface area contributed by atoms with Crippen LogP contribution in [0.15, 0.2) is 48.7 Å². The van der Waals surface area contributed by atoms with E-state index in [4.69, 9.17) is 4.74 Å². The van der Waals surface area contributed by atoms with Crippen molar-refractivity contribution >= 4 is 28.4 Å². The van der Waals surface area contributed by atoms with Crippen LogP contribution in [0.2, 0.25) is 0 Å². The van der Waals surface area contributed by atoms with E-state index in [1.54, 1.807) is 42.3 Å². The lowest BCUT2D eigenvalue weighted by molar-refractivity contribution is -0.128. The van der Waals surface area contributed by atoms with Crippen LogP contribution in [0.3, 0.4) is 0 Å². The van der Waals surface area contributed by atoms with Crippen LogP contribution in [-0.2, 0) is 16.0 Å². The molecule has 0 bridgehead atoms. The second-order valence-corrected chi connectivity index (χ2v) is 7.22.